The van der Waals surface area contributed by atoms with Crippen molar-refractivity contribution in [3.8, 4) is 0 Å². The number of aromatic nitrogens is 6. The number of nitrogens with zero attached hydrogens (tertiary/aromatic N) is 6. The van der Waals surface area contributed by atoms with E-state index >= 15 is 0 Å². The molecule has 1 aliphatic rings. The van der Waals surface area contributed by atoms with Gasteiger partial charge < -0.3 is 4.90 Å². The Morgan fingerprint density at radius 2 is 2.26 bits per heavy atom. The first-order valence-corrected chi connectivity index (χ1v) is 9.32. The zero-order chi connectivity index (χ0) is 19.0. The highest BCUT2D eigenvalue weighted by atomic mass is 35.5. The minimum absolute atomic E-state index is 0.0567. The number of aromatic amines is 1. The van der Waals surface area contributed by atoms with Crippen LogP contribution in [0.5, 0.6) is 0 Å². The van der Waals surface area contributed by atoms with E-state index in [1.165, 1.54) is 0 Å². The van der Waals surface area contributed by atoms with Crippen LogP contribution < -0.4 is 10.5 Å². The van der Waals surface area contributed by atoms with Gasteiger partial charge in [0.2, 0.25) is 0 Å². The first-order chi connectivity index (χ1) is 13.1. The van der Waals surface area contributed by atoms with Gasteiger partial charge in [-0.05, 0) is 25.0 Å². The highest BCUT2D eigenvalue weighted by Crippen LogP contribution is 2.29. The molecule has 0 spiro atoms. The molecule has 0 bridgehead atoms. The van der Waals surface area contributed by atoms with E-state index in [0.29, 0.717) is 18.8 Å². The third kappa shape index (κ3) is 3.10. The standard InChI is InChI=1S/C18H20ClN7O/c1-3-13-12(5-4-7-20-13)11(2)26-15-6-8-25(10-14(15)22-24-26)16-9-21-23-18(27)17(16)19/h4-5,7,9,11H,3,6,8,10H2,1-2H3,(H,23,27)/t11-/m1/s1. The van der Waals surface area contributed by atoms with E-state index in [1.54, 1.807) is 6.20 Å². The van der Waals surface area contributed by atoms with Gasteiger partial charge in [0, 0.05) is 24.9 Å². The Kier molecular flexibility index (Phi) is 4.65. The number of H-pyrrole nitrogens is 1. The minimum atomic E-state index is -0.388. The lowest BCUT2D eigenvalue weighted by Gasteiger charge is -2.29. The summed E-state index contributed by atoms with van der Waals surface area (Å²) in [5, 5.41) is 15.2. The highest BCUT2D eigenvalue weighted by molar-refractivity contribution is 6.32. The van der Waals surface area contributed by atoms with Crippen LogP contribution in [0, 0.1) is 0 Å². The maximum Gasteiger partial charge on any atom is 0.285 e. The number of pyridine rings is 1. The van der Waals surface area contributed by atoms with Crippen molar-refractivity contribution in [1.82, 2.24) is 30.2 Å². The number of hydrogen-bond acceptors (Lipinski definition) is 6. The van der Waals surface area contributed by atoms with E-state index < -0.39 is 0 Å². The second kappa shape index (κ2) is 7.11. The number of fused-ring (bicyclic) bond motifs is 1. The first kappa shape index (κ1) is 17.7. The molecule has 0 amide bonds. The molecule has 8 nitrogen and oxygen atoms in total. The molecule has 140 valence electrons. The van der Waals surface area contributed by atoms with E-state index in [4.69, 9.17) is 11.6 Å². The van der Waals surface area contributed by atoms with Crippen LogP contribution >= 0.6 is 11.6 Å². The predicted molar refractivity (Wildman–Crippen MR) is 102 cm³/mol. The molecule has 3 aromatic heterocycles. The molecule has 4 heterocycles. The van der Waals surface area contributed by atoms with Gasteiger partial charge in [-0.25, -0.2) is 9.78 Å². The number of aryl methyl sites for hydroxylation is 1. The summed E-state index contributed by atoms with van der Waals surface area (Å²) in [4.78, 5) is 18.2. The van der Waals surface area contributed by atoms with Gasteiger partial charge >= 0.3 is 0 Å². The van der Waals surface area contributed by atoms with E-state index in [-0.39, 0.29) is 16.6 Å². The fourth-order valence-corrected chi connectivity index (χ4v) is 3.81. The molecule has 27 heavy (non-hydrogen) atoms. The fraction of sp³-hybridized carbons (Fsp3) is 0.389. The minimum Gasteiger partial charge on any atom is -0.362 e. The van der Waals surface area contributed by atoms with Crippen LogP contribution in [0.4, 0.5) is 5.69 Å². The molecule has 0 unspecified atom stereocenters. The Morgan fingerprint density at radius 3 is 3.07 bits per heavy atom. The van der Waals surface area contributed by atoms with Crippen LogP contribution in [0.25, 0.3) is 0 Å². The largest absolute Gasteiger partial charge is 0.362 e. The Hall–Kier alpha value is -2.74. The van der Waals surface area contributed by atoms with E-state index in [0.717, 1.165) is 35.5 Å². The lowest BCUT2D eigenvalue weighted by Crippen LogP contribution is -2.33. The Balaban J connectivity index is 1.64. The molecule has 0 saturated carbocycles. The summed E-state index contributed by atoms with van der Waals surface area (Å²) in [5.41, 5.74) is 4.48. The number of rotatable bonds is 4. The number of anilines is 1. The number of halogens is 1. The molecule has 3 aromatic rings. The second-order valence-corrected chi connectivity index (χ2v) is 6.94. The van der Waals surface area contributed by atoms with Crippen molar-refractivity contribution in [2.45, 2.75) is 39.3 Å². The normalized spacial score (nSPS) is 14.9. The summed E-state index contributed by atoms with van der Waals surface area (Å²) in [5.74, 6) is 0. The van der Waals surface area contributed by atoms with E-state index in [9.17, 15) is 4.79 Å². The molecule has 0 saturated heterocycles. The summed E-state index contributed by atoms with van der Waals surface area (Å²) >= 11 is 6.15. The zero-order valence-corrected chi connectivity index (χ0v) is 15.9. The van der Waals surface area contributed by atoms with E-state index in [1.807, 2.05) is 21.8 Å². The Morgan fingerprint density at radius 1 is 1.41 bits per heavy atom. The van der Waals surface area contributed by atoms with Crippen molar-refractivity contribution in [2.75, 3.05) is 11.4 Å². The Labute approximate surface area is 161 Å². The van der Waals surface area contributed by atoms with Crippen molar-refractivity contribution >= 4 is 17.3 Å². The molecule has 4 rings (SSSR count). The monoisotopic (exact) mass is 385 g/mol. The van der Waals surface area contributed by atoms with E-state index in [2.05, 4.69) is 45.4 Å². The molecule has 0 aliphatic carbocycles. The zero-order valence-electron chi connectivity index (χ0n) is 15.2. The van der Waals surface area contributed by atoms with Crippen LogP contribution in [0.2, 0.25) is 5.02 Å². The van der Waals surface area contributed by atoms with Gasteiger partial charge in [-0.1, -0.05) is 29.8 Å². The molecule has 0 radical (unpaired) electrons. The first-order valence-electron chi connectivity index (χ1n) is 8.95. The SMILES string of the molecule is CCc1ncccc1[C@@H](C)n1nnc2c1CCN(c1cn[nH]c(=O)c1Cl)C2. The van der Waals surface area contributed by atoms with Crippen LogP contribution in [0.15, 0.2) is 29.3 Å². The molecular formula is C18H20ClN7O. The van der Waals surface area contributed by atoms with Crippen molar-refractivity contribution in [3.63, 3.8) is 0 Å². The summed E-state index contributed by atoms with van der Waals surface area (Å²) < 4.78 is 1.99. The van der Waals surface area contributed by atoms with Crippen LogP contribution in [-0.4, -0.2) is 36.7 Å². The molecule has 1 atom stereocenters. The maximum absolute atomic E-state index is 11.7. The highest BCUT2D eigenvalue weighted by Gasteiger charge is 2.27. The maximum atomic E-state index is 11.7. The van der Waals surface area contributed by atoms with Crippen molar-refractivity contribution in [1.29, 1.82) is 0 Å². The van der Waals surface area contributed by atoms with Gasteiger partial charge in [-0.15, -0.1) is 5.10 Å². The number of hydrogen-bond donors (Lipinski definition) is 1. The average Bonchev–Trinajstić information content (AvgIpc) is 3.12. The molecule has 1 aliphatic heterocycles. The lowest BCUT2D eigenvalue weighted by molar-refractivity contribution is 0.512. The summed E-state index contributed by atoms with van der Waals surface area (Å²) in [7, 11) is 0. The van der Waals surface area contributed by atoms with Crippen LogP contribution in [0.3, 0.4) is 0 Å². The quantitative estimate of drug-likeness (QED) is 0.739. The predicted octanol–water partition coefficient (Wildman–Crippen LogP) is 2.14. The average molecular weight is 386 g/mol. The van der Waals surface area contributed by atoms with Gasteiger partial charge in [0.1, 0.15) is 10.7 Å². The Bertz CT molecular complexity index is 1030. The van der Waals surface area contributed by atoms with Gasteiger partial charge in [0.05, 0.1) is 30.2 Å². The summed E-state index contributed by atoms with van der Waals surface area (Å²) in [6.45, 7) is 5.48. The molecule has 1 N–H and O–H groups in total. The van der Waals surface area contributed by atoms with Gasteiger partial charge in [-0.3, -0.25) is 9.78 Å². The third-order valence-corrected chi connectivity index (χ3v) is 5.39. The fourth-order valence-electron chi connectivity index (χ4n) is 3.60. The van der Waals surface area contributed by atoms with Crippen molar-refractivity contribution in [3.05, 3.63) is 62.5 Å². The lowest BCUT2D eigenvalue weighted by atomic mass is 10.0. The topological polar surface area (TPSA) is 92.6 Å². The van der Waals surface area contributed by atoms with Crippen LogP contribution in [0.1, 0.15) is 42.5 Å². The molecule has 0 fully saturated rings. The van der Waals surface area contributed by atoms with Gasteiger partial charge in [-0.2, -0.15) is 5.10 Å². The smallest absolute Gasteiger partial charge is 0.285 e. The molecule has 9 heteroatoms. The van der Waals surface area contributed by atoms with Gasteiger partial charge in [0.15, 0.2) is 0 Å². The number of nitrogens with one attached hydrogen (secondary N) is 1. The van der Waals surface area contributed by atoms with Crippen molar-refractivity contribution in [2.24, 2.45) is 0 Å². The summed E-state index contributed by atoms with van der Waals surface area (Å²) in [6.07, 6.45) is 5.03. The second-order valence-electron chi connectivity index (χ2n) is 6.57. The third-order valence-electron chi connectivity index (χ3n) is 5.03. The van der Waals surface area contributed by atoms with Gasteiger partial charge in [0.25, 0.3) is 5.56 Å². The van der Waals surface area contributed by atoms with Crippen molar-refractivity contribution < 1.29 is 0 Å². The molecular weight excluding hydrogens is 366 g/mol. The summed E-state index contributed by atoms with van der Waals surface area (Å²) in [6, 6.07) is 4.11. The molecule has 0 aromatic carbocycles. The van der Waals surface area contributed by atoms with Crippen LogP contribution in [-0.2, 0) is 19.4 Å².